The van der Waals surface area contributed by atoms with Gasteiger partial charge in [-0.2, -0.15) is 0 Å². The van der Waals surface area contributed by atoms with Gasteiger partial charge in [0.15, 0.2) is 5.66 Å². The molecule has 3 rings (SSSR count). The van der Waals surface area contributed by atoms with Crippen LogP contribution in [-0.2, 0) is 18.4 Å². The molecule has 1 N–H and O–H groups in total. The molecule has 0 aliphatic heterocycles. The van der Waals surface area contributed by atoms with Crippen molar-refractivity contribution < 1.29 is 18.4 Å². The van der Waals surface area contributed by atoms with Crippen molar-refractivity contribution in [3.05, 3.63) is 90.1 Å². The molecule has 7 nitrogen and oxygen atoms in total. The van der Waals surface area contributed by atoms with Gasteiger partial charge in [-0.25, -0.2) is 0 Å². The van der Waals surface area contributed by atoms with Crippen LogP contribution in [-0.4, -0.2) is 70.2 Å². The fourth-order valence-corrected chi connectivity index (χ4v) is 5.67. The van der Waals surface area contributed by atoms with Gasteiger partial charge in [-0.15, -0.1) is 0 Å². The first-order chi connectivity index (χ1) is 17.3. The van der Waals surface area contributed by atoms with Crippen LogP contribution >= 0.6 is 7.60 Å². The van der Waals surface area contributed by atoms with E-state index in [2.05, 4.69) is 5.32 Å². The third kappa shape index (κ3) is 7.85. The van der Waals surface area contributed by atoms with Crippen LogP contribution in [0.25, 0.3) is 16.8 Å². The van der Waals surface area contributed by atoms with Crippen LogP contribution in [0.1, 0.15) is 16.8 Å². The summed E-state index contributed by atoms with van der Waals surface area (Å²) in [5, 5.41) is 4.60. The van der Waals surface area contributed by atoms with Crippen molar-refractivity contribution in [2.45, 2.75) is 5.66 Å². The van der Waals surface area contributed by atoms with Crippen LogP contribution in [0.3, 0.4) is 0 Å². The Morgan fingerprint density at radius 2 is 1.44 bits per heavy atom. The number of nitrogens with zero attached hydrogens (tertiary/aromatic N) is 2. The summed E-state index contributed by atoms with van der Waals surface area (Å²) in [6.07, 6.45) is 3.36. The van der Waals surface area contributed by atoms with Gasteiger partial charge in [0, 0.05) is 19.3 Å². The Labute approximate surface area is 214 Å². The van der Waals surface area contributed by atoms with Crippen molar-refractivity contribution in [2.75, 3.05) is 54.5 Å². The van der Waals surface area contributed by atoms with E-state index < -0.39 is 19.2 Å². The number of hydrogen-bond acceptors (Lipinski definition) is 6. The first kappa shape index (κ1) is 27.8. The van der Waals surface area contributed by atoms with Gasteiger partial charge in [-0.05, 0) is 56.2 Å². The molecule has 1 amide bonds. The fourth-order valence-electron chi connectivity index (χ4n) is 3.69. The van der Waals surface area contributed by atoms with E-state index in [1.165, 1.54) is 0 Å². The van der Waals surface area contributed by atoms with Crippen LogP contribution in [0.2, 0.25) is 0 Å². The Balaban J connectivity index is 2.01. The molecule has 192 valence electrons. The predicted octanol–water partition coefficient (Wildman–Crippen LogP) is 5.02. The van der Waals surface area contributed by atoms with E-state index in [0.717, 1.165) is 16.3 Å². The van der Waals surface area contributed by atoms with E-state index in [-0.39, 0.29) is 13.2 Å². The molecule has 0 bridgehead atoms. The molecule has 0 aromatic heterocycles. The number of nitrogens with one attached hydrogen (secondary N) is 1. The van der Waals surface area contributed by atoms with Crippen molar-refractivity contribution in [1.82, 2.24) is 15.1 Å². The topological polar surface area (TPSA) is 71.1 Å². The van der Waals surface area contributed by atoms with Gasteiger partial charge in [0.05, 0.1) is 13.2 Å². The standard InChI is InChI=1S/C28H36N3O4P/c1-30(2)19-21-34-36(33,35-22-20-31(3)4)27(26-16-10-14-24-13-8-9-15-25(24)26)28(32)29-18-17-23-11-6-5-7-12-23/h5-18,27H,19-22H2,1-4H3,(H,29,32)/b18-17+. The zero-order valence-corrected chi connectivity index (χ0v) is 22.4. The molecular weight excluding hydrogens is 473 g/mol. The van der Waals surface area contributed by atoms with E-state index in [1.807, 2.05) is 111 Å². The summed E-state index contributed by atoms with van der Waals surface area (Å²) in [6.45, 7) is 1.42. The average molecular weight is 510 g/mol. The smallest absolute Gasteiger partial charge is 0.332 e. The van der Waals surface area contributed by atoms with Crippen LogP contribution in [0.4, 0.5) is 0 Å². The zero-order valence-electron chi connectivity index (χ0n) is 21.5. The molecule has 0 saturated carbocycles. The number of likely N-dealkylation sites (N-methyl/N-ethyl adjacent to an activating group) is 2. The van der Waals surface area contributed by atoms with Gasteiger partial charge in [0.2, 0.25) is 5.91 Å². The van der Waals surface area contributed by atoms with Crippen molar-refractivity contribution >= 4 is 30.4 Å². The minimum absolute atomic E-state index is 0.167. The molecule has 0 heterocycles. The molecular formula is C28H36N3O4P. The largest absolute Gasteiger partial charge is 0.347 e. The van der Waals surface area contributed by atoms with E-state index >= 15 is 0 Å². The summed E-state index contributed by atoms with van der Waals surface area (Å²) in [7, 11) is 3.69. The zero-order chi connectivity index (χ0) is 26.0. The van der Waals surface area contributed by atoms with Crippen molar-refractivity contribution in [2.24, 2.45) is 0 Å². The Morgan fingerprint density at radius 1 is 0.861 bits per heavy atom. The van der Waals surface area contributed by atoms with Gasteiger partial charge in [-0.3, -0.25) is 9.36 Å². The Bertz CT molecular complexity index is 1170. The second-order valence-electron chi connectivity index (χ2n) is 9.04. The van der Waals surface area contributed by atoms with Crippen molar-refractivity contribution in [3.8, 4) is 0 Å². The summed E-state index contributed by atoms with van der Waals surface area (Å²) in [5.74, 6) is -0.448. The molecule has 0 aliphatic rings. The Morgan fingerprint density at radius 3 is 2.08 bits per heavy atom. The maximum absolute atomic E-state index is 14.4. The molecule has 36 heavy (non-hydrogen) atoms. The molecule has 1 unspecified atom stereocenters. The maximum atomic E-state index is 14.4. The third-order valence-corrected chi connectivity index (χ3v) is 7.83. The third-order valence-electron chi connectivity index (χ3n) is 5.60. The van der Waals surface area contributed by atoms with Gasteiger partial charge in [0.25, 0.3) is 0 Å². The highest BCUT2D eigenvalue weighted by Gasteiger charge is 2.43. The van der Waals surface area contributed by atoms with E-state index in [0.29, 0.717) is 18.7 Å². The number of rotatable bonds is 13. The van der Waals surface area contributed by atoms with Crippen LogP contribution < -0.4 is 5.32 Å². The van der Waals surface area contributed by atoms with Gasteiger partial charge >= 0.3 is 7.60 Å². The lowest BCUT2D eigenvalue weighted by atomic mass is 10.0. The van der Waals surface area contributed by atoms with Crippen LogP contribution in [0.5, 0.6) is 0 Å². The lowest BCUT2D eigenvalue weighted by Gasteiger charge is -2.28. The molecule has 1 atom stereocenters. The predicted molar refractivity (Wildman–Crippen MR) is 147 cm³/mol. The molecule has 8 heteroatoms. The maximum Gasteiger partial charge on any atom is 0.347 e. The monoisotopic (exact) mass is 509 g/mol. The van der Waals surface area contributed by atoms with Crippen molar-refractivity contribution in [3.63, 3.8) is 0 Å². The summed E-state index contributed by atoms with van der Waals surface area (Å²) in [6, 6.07) is 23.0. The molecule has 3 aromatic carbocycles. The first-order valence-electron chi connectivity index (χ1n) is 12.0. The summed E-state index contributed by atoms with van der Waals surface area (Å²) in [5.41, 5.74) is 0.400. The van der Waals surface area contributed by atoms with Gasteiger partial charge in [0.1, 0.15) is 0 Å². The second kappa shape index (κ2) is 13.5. The molecule has 0 saturated heterocycles. The number of benzene rings is 3. The van der Waals surface area contributed by atoms with E-state index in [9.17, 15) is 9.36 Å². The molecule has 0 fully saturated rings. The molecule has 0 aliphatic carbocycles. The highest BCUT2D eigenvalue weighted by Crippen LogP contribution is 2.62. The summed E-state index contributed by atoms with van der Waals surface area (Å²) < 4.78 is 26.4. The highest BCUT2D eigenvalue weighted by molar-refractivity contribution is 7.55. The van der Waals surface area contributed by atoms with Crippen molar-refractivity contribution in [1.29, 1.82) is 0 Å². The van der Waals surface area contributed by atoms with E-state index in [1.54, 1.807) is 12.3 Å². The lowest BCUT2D eigenvalue weighted by molar-refractivity contribution is -0.120. The second-order valence-corrected chi connectivity index (χ2v) is 11.1. The van der Waals surface area contributed by atoms with Crippen LogP contribution in [0, 0.1) is 0 Å². The number of amides is 1. The fraction of sp³-hybridized carbons (Fsp3) is 0.321. The normalized spacial score (nSPS) is 13.1. The lowest BCUT2D eigenvalue weighted by Crippen LogP contribution is -2.28. The highest BCUT2D eigenvalue weighted by atomic mass is 31.2. The van der Waals surface area contributed by atoms with E-state index in [4.69, 9.17) is 9.05 Å². The SMILES string of the molecule is CN(C)CCOP(=O)(OCCN(C)C)C(C(=O)N/C=C/c1ccccc1)c1cccc2ccccc12. The minimum atomic E-state index is -3.94. The number of hydrogen-bond donors (Lipinski definition) is 1. The van der Waals surface area contributed by atoms with Gasteiger partial charge < -0.3 is 24.2 Å². The Hall–Kier alpha value is -2.80. The summed E-state index contributed by atoms with van der Waals surface area (Å²) >= 11 is 0. The average Bonchev–Trinajstić information content (AvgIpc) is 2.84. The quantitative estimate of drug-likeness (QED) is 0.327. The van der Waals surface area contributed by atoms with Crippen LogP contribution in [0.15, 0.2) is 79.0 Å². The molecule has 0 radical (unpaired) electrons. The number of carbonyl (C=O) groups excluding carboxylic acids is 1. The number of carbonyl (C=O) groups is 1. The first-order valence-corrected chi connectivity index (χ1v) is 13.6. The van der Waals surface area contributed by atoms with Gasteiger partial charge in [-0.1, -0.05) is 72.8 Å². The Kier molecular flexibility index (Phi) is 10.4. The minimum Gasteiger partial charge on any atom is -0.332 e. The number of fused-ring (bicyclic) bond motifs is 1. The summed E-state index contributed by atoms with van der Waals surface area (Å²) in [4.78, 5) is 17.6. The molecule has 3 aromatic rings. The molecule has 0 spiro atoms.